The Hall–Kier alpha value is -1.59. The number of nitrogens with one attached hydrogen (secondary N) is 2. The Kier molecular flexibility index (Phi) is 3.61. The van der Waals surface area contributed by atoms with Crippen molar-refractivity contribution in [3.8, 4) is 0 Å². The molecule has 2 rings (SSSR count). The lowest BCUT2D eigenvalue weighted by Gasteiger charge is -2.00. The molecule has 17 heavy (non-hydrogen) atoms. The summed E-state index contributed by atoms with van der Waals surface area (Å²) in [6.07, 6.45) is 3.68. The predicted molar refractivity (Wildman–Crippen MR) is 66.0 cm³/mol. The van der Waals surface area contributed by atoms with Gasteiger partial charge in [-0.25, -0.2) is 4.98 Å². The highest BCUT2D eigenvalue weighted by Crippen LogP contribution is 2.11. The summed E-state index contributed by atoms with van der Waals surface area (Å²) in [4.78, 5) is 15.4. The van der Waals surface area contributed by atoms with Gasteiger partial charge in [-0.15, -0.1) is 0 Å². The van der Waals surface area contributed by atoms with Gasteiger partial charge in [0.25, 0.3) is 0 Å². The summed E-state index contributed by atoms with van der Waals surface area (Å²) in [7, 11) is 1.61. The standard InChI is InChI=1S/C11H13ClN4O/c1-13-11(17)5-14-4-9-7-16-6-8(12)2-3-10(16)15-9/h2-3,6-7,14H,4-5H2,1H3,(H,13,17). The molecule has 2 heterocycles. The van der Waals surface area contributed by atoms with Crippen molar-refractivity contribution in [2.75, 3.05) is 13.6 Å². The zero-order valence-corrected chi connectivity index (χ0v) is 10.2. The zero-order chi connectivity index (χ0) is 12.3. The molecule has 90 valence electrons. The van der Waals surface area contributed by atoms with Crippen LogP contribution in [0.1, 0.15) is 5.69 Å². The van der Waals surface area contributed by atoms with Crippen LogP contribution in [0.5, 0.6) is 0 Å². The fraction of sp³-hybridized carbons (Fsp3) is 0.273. The van der Waals surface area contributed by atoms with E-state index in [-0.39, 0.29) is 12.5 Å². The largest absolute Gasteiger partial charge is 0.358 e. The summed E-state index contributed by atoms with van der Waals surface area (Å²) in [5.41, 5.74) is 1.71. The van der Waals surface area contributed by atoms with Gasteiger partial charge in [0.2, 0.25) is 5.91 Å². The molecule has 0 aromatic carbocycles. The van der Waals surface area contributed by atoms with Crippen molar-refractivity contribution < 1.29 is 4.79 Å². The van der Waals surface area contributed by atoms with Crippen LogP contribution in [0.3, 0.4) is 0 Å². The van der Waals surface area contributed by atoms with Gasteiger partial charge < -0.3 is 15.0 Å². The molecule has 5 nitrogen and oxygen atoms in total. The lowest BCUT2D eigenvalue weighted by Crippen LogP contribution is -2.31. The first-order valence-electron chi connectivity index (χ1n) is 5.23. The van der Waals surface area contributed by atoms with E-state index < -0.39 is 0 Å². The molecule has 2 N–H and O–H groups in total. The number of amides is 1. The van der Waals surface area contributed by atoms with Crippen LogP contribution >= 0.6 is 11.6 Å². The fourth-order valence-corrected chi connectivity index (χ4v) is 1.66. The first-order valence-corrected chi connectivity index (χ1v) is 5.61. The van der Waals surface area contributed by atoms with Crippen LogP contribution in [0, 0.1) is 0 Å². The van der Waals surface area contributed by atoms with Crippen LogP contribution in [0.25, 0.3) is 5.65 Å². The van der Waals surface area contributed by atoms with E-state index in [0.29, 0.717) is 11.6 Å². The van der Waals surface area contributed by atoms with E-state index in [1.54, 1.807) is 19.3 Å². The van der Waals surface area contributed by atoms with Gasteiger partial charge in [-0.2, -0.15) is 0 Å². The van der Waals surface area contributed by atoms with E-state index >= 15 is 0 Å². The molecule has 0 saturated heterocycles. The molecule has 0 unspecified atom stereocenters. The van der Waals surface area contributed by atoms with E-state index in [1.807, 2.05) is 16.7 Å². The van der Waals surface area contributed by atoms with E-state index in [1.165, 1.54) is 0 Å². The lowest BCUT2D eigenvalue weighted by molar-refractivity contribution is -0.119. The third-order valence-corrected chi connectivity index (χ3v) is 2.56. The summed E-state index contributed by atoms with van der Waals surface area (Å²) in [6.45, 7) is 0.831. The highest BCUT2D eigenvalue weighted by Gasteiger charge is 2.02. The monoisotopic (exact) mass is 252 g/mol. The number of carbonyl (C=O) groups excluding carboxylic acids is 1. The third-order valence-electron chi connectivity index (χ3n) is 2.34. The number of fused-ring (bicyclic) bond motifs is 1. The Morgan fingerprint density at radius 1 is 1.47 bits per heavy atom. The molecule has 0 atom stereocenters. The minimum atomic E-state index is -0.0446. The van der Waals surface area contributed by atoms with Crippen molar-refractivity contribution >= 4 is 23.2 Å². The molecule has 0 spiro atoms. The average molecular weight is 253 g/mol. The first kappa shape index (κ1) is 11.9. The average Bonchev–Trinajstić information content (AvgIpc) is 2.70. The number of hydrogen-bond acceptors (Lipinski definition) is 3. The Labute approximate surface area is 104 Å². The van der Waals surface area contributed by atoms with Gasteiger partial charge in [0.1, 0.15) is 5.65 Å². The molecular formula is C11H13ClN4O. The quantitative estimate of drug-likeness (QED) is 0.847. The van der Waals surface area contributed by atoms with Crippen molar-refractivity contribution in [1.82, 2.24) is 20.0 Å². The maximum atomic E-state index is 11.0. The Balaban J connectivity index is 2.02. The molecule has 0 aliphatic carbocycles. The van der Waals surface area contributed by atoms with Crippen molar-refractivity contribution in [3.05, 3.63) is 35.2 Å². The summed E-state index contributed by atoms with van der Waals surface area (Å²) in [5.74, 6) is -0.0446. The van der Waals surface area contributed by atoms with E-state index in [9.17, 15) is 4.79 Å². The molecule has 1 amide bonds. The second-order valence-corrected chi connectivity index (χ2v) is 4.06. The van der Waals surface area contributed by atoms with Gasteiger partial charge in [0.15, 0.2) is 0 Å². The van der Waals surface area contributed by atoms with Crippen LogP contribution in [0.4, 0.5) is 0 Å². The van der Waals surface area contributed by atoms with Gasteiger partial charge in [-0.05, 0) is 12.1 Å². The van der Waals surface area contributed by atoms with Crippen molar-refractivity contribution in [1.29, 1.82) is 0 Å². The van der Waals surface area contributed by atoms with Gasteiger partial charge >= 0.3 is 0 Å². The summed E-state index contributed by atoms with van der Waals surface area (Å²) in [5, 5.41) is 6.21. The zero-order valence-electron chi connectivity index (χ0n) is 9.40. The number of hydrogen-bond donors (Lipinski definition) is 2. The molecule has 0 bridgehead atoms. The topological polar surface area (TPSA) is 58.4 Å². The highest BCUT2D eigenvalue weighted by molar-refractivity contribution is 6.30. The van der Waals surface area contributed by atoms with Crippen molar-refractivity contribution in [3.63, 3.8) is 0 Å². The van der Waals surface area contributed by atoms with E-state index in [4.69, 9.17) is 11.6 Å². The molecule has 0 aliphatic heterocycles. The lowest BCUT2D eigenvalue weighted by atomic mass is 10.4. The highest BCUT2D eigenvalue weighted by atomic mass is 35.5. The normalized spacial score (nSPS) is 10.7. The predicted octanol–water partition coefficient (Wildman–Crippen LogP) is 0.823. The number of halogens is 1. The van der Waals surface area contributed by atoms with E-state index in [2.05, 4.69) is 15.6 Å². The number of imidazole rings is 1. The summed E-state index contributed by atoms with van der Waals surface area (Å²) in [6, 6.07) is 3.65. The number of rotatable bonds is 4. The Bertz CT molecular complexity index is 537. The maximum Gasteiger partial charge on any atom is 0.233 e. The number of carbonyl (C=O) groups is 1. The minimum Gasteiger partial charge on any atom is -0.358 e. The number of aromatic nitrogens is 2. The molecule has 2 aromatic heterocycles. The van der Waals surface area contributed by atoms with Crippen LogP contribution in [0.2, 0.25) is 5.02 Å². The van der Waals surface area contributed by atoms with E-state index in [0.717, 1.165) is 11.3 Å². The van der Waals surface area contributed by atoms with Crippen LogP contribution in [0.15, 0.2) is 24.5 Å². The summed E-state index contributed by atoms with van der Waals surface area (Å²) >= 11 is 5.88. The number of pyridine rings is 1. The van der Waals surface area contributed by atoms with Gasteiger partial charge in [-0.1, -0.05) is 11.6 Å². The smallest absolute Gasteiger partial charge is 0.233 e. The molecule has 0 aliphatic rings. The van der Waals surface area contributed by atoms with Crippen LogP contribution in [-0.4, -0.2) is 28.9 Å². The minimum absolute atomic E-state index is 0.0446. The third kappa shape index (κ3) is 2.95. The van der Waals surface area contributed by atoms with Crippen LogP contribution in [-0.2, 0) is 11.3 Å². The summed E-state index contributed by atoms with van der Waals surface area (Å²) < 4.78 is 1.86. The molecule has 2 aromatic rings. The SMILES string of the molecule is CNC(=O)CNCc1cn2cc(Cl)ccc2n1. The van der Waals surface area contributed by atoms with Gasteiger partial charge in [0.05, 0.1) is 17.3 Å². The van der Waals surface area contributed by atoms with Crippen LogP contribution < -0.4 is 10.6 Å². The van der Waals surface area contributed by atoms with Crippen molar-refractivity contribution in [2.24, 2.45) is 0 Å². The molecule has 6 heteroatoms. The molecule has 0 radical (unpaired) electrons. The first-order chi connectivity index (χ1) is 8.19. The second-order valence-electron chi connectivity index (χ2n) is 3.62. The van der Waals surface area contributed by atoms with Gasteiger partial charge in [-0.3, -0.25) is 4.79 Å². The van der Waals surface area contributed by atoms with Gasteiger partial charge in [0, 0.05) is 26.0 Å². The molecular weight excluding hydrogens is 240 g/mol. The second kappa shape index (κ2) is 5.16. The fourth-order valence-electron chi connectivity index (χ4n) is 1.49. The number of likely N-dealkylation sites (N-methyl/N-ethyl adjacent to an activating group) is 1. The number of nitrogens with zero attached hydrogens (tertiary/aromatic N) is 2. The molecule has 0 fully saturated rings. The Morgan fingerprint density at radius 3 is 3.06 bits per heavy atom. The molecule has 0 saturated carbocycles. The Morgan fingerprint density at radius 2 is 2.29 bits per heavy atom. The van der Waals surface area contributed by atoms with Crippen molar-refractivity contribution in [2.45, 2.75) is 6.54 Å². The maximum absolute atomic E-state index is 11.0.